The topological polar surface area (TPSA) is 122 Å². The van der Waals surface area contributed by atoms with Gasteiger partial charge in [-0.15, -0.1) is 0 Å². The summed E-state index contributed by atoms with van der Waals surface area (Å²) in [5.74, 6) is -0.951. The average molecular weight is 463 g/mol. The molecule has 1 saturated heterocycles. The van der Waals surface area contributed by atoms with Gasteiger partial charge in [0.15, 0.2) is 11.5 Å². The van der Waals surface area contributed by atoms with Crippen molar-refractivity contribution in [2.45, 2.75) is 32.4 Å². The zero-order chi connectivity index (χ0) is 24.1. The van der Waals surface area contributed by atoms with Crippen LogP contribution in [0.15, 0.2) is 48.7 Å². The van der Waals surface area contributed by atoms with Crippen LogP contribution >= 0.6 is 0 Å². The van der Waals surface area contributed by atoms with Gasteiger partial charge in [0.05, 0.1) is 11.9 Å². The maximum absolute atomic E-state index is 13.8. The Balaban J connectivity index is 1.48. The molecule has 0 saturated carbocycles. The number of halogens is 1. The molecule has 8 nitrogen and oxygen atoms in total. The highest BCUT2D eigenvalue weighted by molar-refractivity contribution is 5.97. The van der Waals surface area contributed by atoms with Crippen LogP contribution in [0.1, 0.15) is 44.8 Å². The SMILES string of the molecule is Cc1ccc(CNC(=O)c2cccc(-c3cnc(N)c(C(=O)NC4CCCNC4)n3)c2)cc1F. The van der Waals surface area contributed by atoms with Crippen LogP contribution in [0.2, 0.25) is 0 Å². The molecular weight excluding hydrogens is 435 g/mol. The number of nitrogens with zero attached hydrogens (tertiary/aromatic N) is 2. The fourth-order valence-electron chi connectivity index (χ4n) is 3.78. The van der Waals surface area contributed by atoms with E-state index >= 15 is 0 Å². The Morgan fingerprint density at radius 3 is 2.82 bits per heavy atom. The van der Waals surface area contributed by atoms with Crippen molar-refractivity contribution >= 4 is 17.6 Å². The molecule has 1 fully saturated rings. The molecule has 1 aliphatic rings. The number of benzene rings is 2. The van der Waals surface area contributed by atoms with Gasteiger partial charge in [0.25, 0.3) is 11.8 Å². The molecule has 9 heteroatoms. The van der Waals surface area contributed by atoms with Crippen LogP contribution in [0, 0.1) is 12.7 Å². The van der Waals surface area contributed by atoms with E-state index in [4.69, 9.17) is 5.73 Å². The third kappa shape index (κ3) is 5.55. The fourth-order valence-corrected chi connectivity index (χ4v) is 3.78. The normalized spacial score (nSPS) is 15.5. The summed E-state index contributed by atoms with van der Waals surface area (Å²) in [5, 5.41) is 8.99. The van der Waals surface area contributed by atoms with Crippen LogP contribution in [-0.4, -0.2) is 40.9 Å². The Bertz CT molecular complexity index is 1210. The summed E-state index contributed by atoms with van der Waals surface area (Å²) in [6.07, 6.45) is 3.35. The first-order chi connectivity index (χ1) is 16.4. The smallest absolute Gasteiger partial charge is 0.274 e. The molecule has 0 bridgehead atoms. The number of piperidine rings is 1. The van der Waals surface area contributed by atoms with Gasteiger partial charge in [0, 0.05) is 30.3 Å². The Hall–Kier alpha value is -3.85. The van der Waals surface area contributed by atoms with Crippen molar-refractivity contribution in [2.24, 2.45) is 0 Å². The van der Waals surface area contributed by atoms with Crippen molar-refractivity contribution in [3.63, 3.8) is 0 Å². The Kier molecular flexibility index (Phi) is 7.12. The number of aromatic nitrogens is 2. The van der Waals surface area contributed by atoms with Gasteiger partial charge in [-0.2, -0.15) is 0 Å². The van der Waals surface area contributed by atoms with Crippen molar-refractivity contribution < 1.29 is 14.0 Å². The molecule has 4 rings (SSSR count). The molecule has 3 aromatic rings. The Morgan fingerprint density at radius 2 is 2.06 bits per heavy atom. The Labute approximate surface area is 197 Å². The molecule has 1 aromatic heterocycles. The third-order valence-electron chi connectivity index (χ3n) is 5.76. The van der Waals surface area contributed by atoms with E-state index in [9.17, 15) is 14.0 Å². The van der Waals surface area contributed by atoms with E-state index in [2.05, 4.69) is 25.9 Å². The summed E-state index contributed by atoms with van der Waals surface area (Å²) in [5.41, 5.74) is 8.65. The van der Waals surface area contributed by atoms with Crippen LogP contribution in [-0.2, 0) is 6.54 Å². The van der Waals surface area contributed by atoms with Crippen LogP contribution in [0.4, 0.5) is 10.2 Å². The summed E-state index contributed by atoms with van der Waals surface area (Å²) in [4.78, 5) is 34.0. The van der Waals surface area contributed by atoms with Crippen molar-refractivity contribution in [3.8, 4) is 11.3 Å². The second kappa shape index (κ2) is 10.4. The van der Waals surface area contributed by atoms with Gasteiger partial charge in [-0.1, -0.05) is 24.3 Å². The van der Waals surface area contributed by atoms with E-state index in [1.54, 1.807) is 43.3 Å². The van der Waals surface area contributed by atoms with Crippen LogP contribution in [0.5, 0.6) is 0 Å². The maximum atomic E-state index is 13.8. The minimum atomic E-state index is -0.375. The number of carbonyl (C=O) groups excluding carboxylic acids is 2. The molecule has 2 amide bonds. The van der Waals surface area contributed by atoms with Crippen molar-refractivity contribution in [3.05, 3.63) is 76.9 Å². The van der Waals surface area contributed by atoms with Gasteiger partial charge in [-0.3, -0.25) is 9.59 Å². The summed E-state index contributed by atoms with van der Waals surface area (Å²) in [6.45, 7) is 3.52. The quantitative estimate of drug-likeness (QED) is 0.447. The summed E-state index contributed by atoms with van der Waals surface area (Å²) in [7, 11) is 0. The molecule has 2 heterocycles. The number of hydrogen-bond acceptors (Lipinski definition) is 6. The third-order valence-corrected chi connectivity index (χ3v) is 5.76. The highest BCUT2D eigenvalue weighted by atomic mass is 19.1. The maximum Gasteiger partial charge on any atom is 0.274 e. The minimum Gasteiger partial charge on any atom is -0.382 e. The van der Waals surface area contributed by atoms with Crippen LogP contribution in [0.3, 0.4) is 0 Å². The lowest BCUT2D eigenvalue weighted by molar-refractivity contribution is 0.0923. The van der Waals surface area contributed by atoms with Gasteiger partial charge in [-0.25, -0.2) is 14.4 Å². The molecule has 0 aliphatic carbocycles. The van der Waals surface area contributed by atoms with Gasteiger partial charge in [0.2, 0.25) is 0 Å². The predicted octanol–water partition coefficient (Wildman–Crippen LogP) is 2.59. The first-order valence-corrected chi connectivity index (χ1v) is 11.2. The van der Waals surface area contributed by atoms with Gasteiger partial charge in [-0.05, 0) is 55.6 Å². The van der Waals surface area contributed by atoms with Gasteiger partial charge < -0.3 is 21.7 Å². The minimum absolute atomic E-state index is 0.0140. The van der Waals surface area contributed by atoms with Crippen LogP contribution < -0.4 is 21.7 Å². The van der Waals surface area contributed by atoms with E-state index in [1.165, 1.54) is 12.3 Å². The highest BCUT2D eigenvalue weighted by Gasteiger charge is 2.20. The van der Waals surface area contributed by atoms with Gasteiger partial charge in [0.1, 0.15) is 5.82 Å². The number of aryl methyl sites for hydroxylation is 1. The van der Waals surface area contributed by atoms with E-state index in [0.29, 0.717) is 34.5 Å². The average Bonchev–Trinajstić information content (AvgIpc) is 2.85. The van der Waals surface area contributed by atoms with Gasteiger partial charge >= 0.3 is 0 Å². The number of nitrogen functional groups attached to an aromatic ring is 1. The zero-order valence-electron chi connectivity index (χ0n) is 18.9. The number of nitrogens with one attached hydrogen (secondary N) is 3. The largest absolute Gasteiger partial charge is 0.382 e. The number of rotatable bonds is 6. The van der Waals surface area contributed by atoms with Crippen LogP contribution in [0.25, 0.3) is 11.3 Å². The fraction of sp³-hybridized carbons (Fsp3) is 0.280. The molecule has 1 unspecified atom stereocenters. The number of nitrogens with two attached hydrogens (primary N) is 1. The monoisotopic (exact) mass is 462 g/mol. The number of hydrogen-bond donors (Lipinski definition) is 4. The first-order valence-electron chi connectivity index (χ1n) is 11.2. The standard InChI is InChI=1S/C25H27FN6O2/c1-15-7-8-16(10-20(15)26)12-30-24(33)18-5-2-4-17(11-18)21-14-29-23(27)22(32-21)25(34)31-19-6-3-9-28-13-19/h2,4-5,7-8,10-11,14,19,28H,3,6,9,12-13H2,1H3,(H2,27,29)(H,30,33)(H,31,34). The van der Waals surface area contributed by atoms with E-state index < -0.39 is 0 Å². The molecular formula is C25H27FN6O2. The summed E-state index contributed by atoms with van der Waals surface area (Å²) >= 11 is 0. The lowest BCUT2D eigenvalue weighted by Crippen LogP contribution is -2.46. The second-order valence-corrected chi connectivity index (χ2v) is 8.35. The second-order valence-electron chi connectivity index (χ2n) is 8.35. The zero-order valence-corrected chi connectivity index (χ0v) is 18.9. The molecule has 1 atom stereocenters. The van der Waals surface area contributed by atoms with E-state index in [0.717, 1.165) is 19.4 Å². The first kappa shape index (κ1) is 23.3. The van der Waals surface area contributed by atoms with E-state index in [1.807, 2.05) is 0 Å². The number of anilines is 1. The molecule has 176 valence electrons. The molecule has 5 N–H and O–H groups in total. The lowest BCUT2D eigenvalue weighted by Gasteiger charge is -2.23. The van der Waals surface area contributed by atoms with Crippen molar-refractivity contribution in [2.75, 3.05) is 18.8 Å². The Morgan fingerprint density at radius 1 is 1.21 bits per heavy atom. The molecule has 2 aromatic carbocycles. The molecule has 1 aliphatic heterocycles. The number of carbonyl (C=O) groups is 2. The van der Waals surface area contributed by atoms with Crippen molar-refractivity contribution in [1.29, 1.82) is 0 Å². The summed E-state index contributed by atoms with van der Waals surface area (Å²) < 4.78 is 13.8. The lowest BCUT2D eigenvalue weighted by atomic mass is 10.1. The summed E-state index contributed by atoms with van der Waals surface area (Å²) in [6, 6.07) is 11.7. The molecule has 0 radical (unpaired) electrons. The van der Waals surface area contributed by atoms with Crippen molar-refractivity contribution in [1.82, 2.24) is 25.9 Å². The molecule has 0 spiro atoms. The highest BCUT2D eigenvalue weighted by Crippen LogP contribution is 2.20. The van der Waals surface area contributed by atoms with E-state index in [-0.39, 0.29) is 41.7 Å². The number of amides is 2. The molecule has 34 heavy (non-hydrogen) atoms. The predicted molar refractivity (Wildman–Crippen MR) is 128 cm³/mol.